The molecule has 0 saturated heterocycles. The normalized spacial score (nSPS) is 11.1. The van der Waals surface area contributed by atoms with E-state index < -0.39 is 0 Å². The van der Waals surface area contributed by atoms with Crippen LogP contribution in [0.3, 0.4) is 0 Å². The first-order valence-corrected chi connectivity index (χ1v) is 5.64. The number of nitrogens with one attached hydrogen (secondary N) is 1. The van der Waals surface area contributed by atoms with E-state index in [1.54, 1.807) is 6.92 Å². The molecule has 6 heteroatoms. The van der Waals surface area contributed by atoms with E-state index >= 15 is 0 Å². The van der Waals surface area contributed by atoms with Gasteiger partial charge in [-0.05, 0) is 18.6 Å². The zero-order chi connectivity index (χ0) is 12.7. The van der Waals surface area contributed by atoms with E-state index in [0.717, 1.165) is 16.6 Å². The van der Waals surface area contributed by atoms with E-state index in [9.17, 15) is 0 Å². The predicted molar refractivity (Wildman–Crippen MR) is 67.8 cm³/mol. The number of imidazole rings is 1. The molecular weight excluding hydrogens is 230 g/mol. The first-order chi connectivity index (χ1) is 8.65. The number of hydrogen-bond acceptors (Lipinski definition) is 5. The van der Waals surface area contributed by atoms with Gasteiger partial charge < -0.3 is 8.98 Å². The third-order valence-electron chi connectivity index (χ3n) is 2.86. The molecule has 1 N–H and O–H groups in total. The summed E-state index contributed by atoms with van der Waals surface area (Å²) in [5.41, 5.74) is 3.17. The number of aryl methyl sites for hydroxylation is 3. The predicted octanol–water partition coefficient (Wildman–Crippen LogP) is 2.32. The fourth-order valence-electron chi connectivity index (χ4n) is 1.91. The molecule has 1 aromatic carbocycles. The van der Waals surface area contributed by atoms with Gasteiger partial charge in [0.2, 0.25) is 11.8 Å². The molecule has 0 aliphatic heterocycles. The molecule has 3 aromatic rings. The fraction of sp³-hybridized carbons (Fsp3) is 0.250. The van der Waals surface area contributed by atoms with Crippen molar-refractivity contribution in [3.8, 4) is 0 Å². The van der Waals surface area contributed by atoms with E-state index in [4.69, 9.17) is 4.42 Å². The van der Waals surface area contributed by atoms with Crippen molar-refractivity contribution in [2.75, 3.05) is 5.32 Å². The number of para-hydroxylation sites is 1. The van der Waals surface area contributed by atoms with Gasteiger partial charge in [0, 0.05) is 14.0 Å². The molecule has 6 nitrogen and oxygen atoms in total. The summed E-state index contributed by atoms with van der Waals surface area (Å²) in [5, 5.41) is 10.7. The van der Waals surface area contributed by atoms with Gasteiger partial charge in [0.05, 0.1) is 11.0 Å². The van der Waals surface area contributed by atoms with E-state index in [0.29, 0.717) is 17.9 Å². The van der Waals surface area contributed by atoms with Crippen molar-refractivity contribution in [2.45, 2.75) is 13.8 Å². The van der Waals surface area contributed by atoms with Crippen molar-refractivity contribution >= 4 is 23.0 Å². The molecule has 0 saturated carbocycles. The molecular formula is C12H13N5O. The third-order valence-corrected chi connectivity index (χ3v) is 2.86. The van der Waals surface area contributed by atoms with Crippen LogP contribution in [0.2, 0.25) is 0 Å². The van der Waals surface area contributed by atoms with Gasteiger partial charge in [-0.1, -0.05) is 17.2 Å². The van der Waals surface area contributed by atoms with E-state index in [2.05, 4.69) is 20.5 Å². The number of aromatic nitrogens is 4. The second-order valence-electron chi connectivity index (χ2n) is 4.19. The Labute approximate surface area is 104 Å². The zero-order valence-electron chi connectivity index (χ0n) is 10.4. The Bertz CT molecular complexity index is 712. The highest BCUT2D eigenvalue weighted by atomic mass is 16.4. The Morgan fingerprint density at radius 2 is 2.06 bits per heavy atom. The number of anilines is 2. The summed E-state index contributed by atoms with van der Waals surface area (Å²) in [6, 6.07) is 6.43. The summed E-state index contributed by atoms with van der Waals surface area (Å²) in [6.45, 7) is 3.78. The lowest BCUT2D eigenvalue weighted by molar-refractivity contribution is 0.534. The van der Waals surface area contributed by atoms with Crippen molar-refractivity contribution in [1.82, 2.24) is 19.7 Å². The van der Waals surface area contributed by atoms with Gasteiger partial charge in [0.15, 0.2) is 0 Å². The molecule has 2 heterocycles. The molecule has 0 aliphatic rings. The first kappa shape index (κ1) is 10.8. The van der Waals surface area contributed by atoms with Crippen LogP contribution in [0.15, 0.2) is 22.6 Å². The summed E-state index contributed by atoms with van der Waals surface area (Å²) in [4.78, 5) is 4.54. The molecule has 0 amide bonds. The lowest BCUT2D eigenvalue weighted by Crippen LogP contribution is -1.99. The van der Waals surface area contributed by atoms with Crippen LogP contribution >= 0.6 is 0 Å². The fourth-order valence-corrected chi connectivity index (χ4v) is 1.91. The second-order valence-corrected chi connectivity index (χ2v) is 4.19. The van der Waals surface area contributed by atoms with Crippen LogP contribution in [0, 0.1) is 13.8 Å². The Morgan fingerprint density at radius 1 is 1.22 bits per heavy atom. The quantitative estimate of drug-likeness (QED) is 0.748. The van der Waals surface area contributed by atoms with E-state index in [-0.39, 0.29) is 0 Å². The minimum Gasteiger partial charge on any atom is -0.408 e. The summed E-state index contributed by atoms with van der Waals surface area (Å²) >= 11 is 0. The van der Waals surface area contributed by atoms with Crippen molar-refractivity contribution < 1.29 is 4.42 Å². The highest BCUT2D eigenvalue weighted by Crippen LogP contribution is 2.23. The van der Waals surface area contributed by atoms with Crippen molar-refractivity contribution in [3.63, 3.8) is 0 Å². The van der Waals surface area contributed by atoms with Gasteiger partial charge >= 0.3 is 6.01 Å². The topological polar surface area (TPSA) is 68.8 Å². The number of rotatable bonds is 2. The second kappa shape index (κ2) is 3.83. The van der Waals surface area contributed by atoms with Gasteiger partial charge in [-0.2, -0.15) is 0 Å². The minimum absolute atomic E-state index is 0.351. The van der Waals surface area contributed by atoms with Crippen LogP contribution in [-0.4, -0.2) is 19.7 Å². The van der Waals surface area contributed by atoms with Gasteiger partial charge in [-0.25, -0.2) is 4.98 Å². The van der Waals surface area contributed by atoms with Crippen LogP contribution in [0.1, 0.15) is 11.5 Å². The molecule has 0 fully saturated rings. The molecule has 0 aliphatic carbocycles. The van der Waals surface area contributed by atoms with Crippen molar-refractivity contribution in [1.29, 1.82) is 0 Å². The van der Waals surface area contributed by atoms with Crippen LogP contribution in [0.4, 0.5) is 12.0 Å². The van der Waals surface area contributed by atoms with Gasteiger partial charge in [-0.3, -0.25) is 5.32 Å². The lowest BCUT2D eigenvalue weighted by Gasteiger charge is -2.00. The maximum absolute atomic E-state index is 5.28. The SMILES string of the molecule is Cc1nnc(Nc2nc3c(C)cccc3n2C)o1. The third kappa shape index (κ3) is 1.62. The average Bonchev–Trinajstić information content (AvgIpc) is 2.88. The molecule has 0 atom stereocenters. The molecule has 0 radical (unpaired) electrons. The maximum atomic E-state index is 5.28. The first-order valence-electron chi connectivity index (χ1n) is 5.64. The summed E-state index contributed by atoms with van der Waals surface area (Å²) in [5.74, 6) is 1.20. The average molecular weight is 243 g/mol. The Hall–Kier alpha value is -2.37. The van der Waals surface area contributed by atoms with Crippen LogP contribution in [-0.2, 0) is 7.05 Å². The molecule has 18 heavy (non-hydrogen) atoms. The largest absolute Gasteiger partial charge is 0.408 e. The monoisotopic (exact) mass is 243 g/mol. The van der Waals surface area contributed by atoms with Crippen molar-refractivity contribution in [2.24, 2.45) is 7.05 Å². The lowest BCUT2D eigenvalue weighted by atomic mass is 10.2. The standard InChI is InChI=1S/C12H13N5O/c1-7-5-4-6-9-10(7)13-11(17(9)3)14-12-16-15-8(2)18-12/h4-6H,1-3H3,(H,13,14,16). The minimum atomic E-state index is 0.351. The Kier molecular flexibility index (Phi) is 2.29. The Balaban J connectivity index is 2.07. The number of hydrogen-bond donors (Lipinski definition) is 1. The molecule has 2 aromatic heterocycles. The smallest absolute Gasteiger partial charge is 0.322 e. The molecule has 3 rings (SSSR count). The molecule has 0 bridgehead atoms. The number of benzene rings is 1. The van der Waals surface area contributed by atoms with E-state index in [1.165, 1.54) is 0 Å². The number of nitrogens with zero attached hydrogens (tertiary/aromatic N) is 4. The highest BCUT2D eigenvalue weighted by molar-refractivity contribution is 5.82. The number of fused-ring (bicyclic) bond motifs is 1. The van der Waals surface area contributed by atoms with Crippen molar-refractivity contribution in [3.05, 3.63) is 29.7 Å². The summed E-state index contributed by atoms with van der Waals surface area (Å²) < 4.78 is 7.24. The molecule has 92 valence electrons. The zero-order valence-corrected chi connectivity index (χ0v) is 10.4. The summed E-state index contributed by atoms with van der Waals surface area (Å²) in [7, 11) is 1.94. The molecule has 0 unspecified atom stereocenters. The highest BCUT2D eigenvalue weighted by Gasteiger charge is 2.11. The van der Waals surface area contributed by atoms with Gasteiger partial charge in [0.1, 0.15) is 0 Å². The molecule has 0 spiro atoms. The summed E-state index contributed by atoms with van der Waals surface area (Å²) in [6.07, 6.45) is 0. The van der Waals surface area contributed by atoms with Crippen LogP contribution < -0.4 is 5.32 Å². The van der Waals surface area contributed by atoms with Gasteiger partial charge in [0.25, 0.3) is 0 Å². The van der Waals surface area contributed by atoms with Crippen LogP contribution in [0.5, 0.6) is 0 Å². The van der Waals surface area contributed by atoms with Gasteiger partial charge in [-0.15, -0.1) is 5.10 Å². The van der Waals surface area contributed by atoms with E-state index in [1.807, 2.05) is 36.7 Å². The van der Waals surface area contributed by atoms with Crippen LogP contribution in [0.25, 0.3) is 11.0 Å². The Morgan fingerprint density at radius 3 is 2.72 bits per heavy atom. The maximum Gasteiger partial charge on any atom is 0.322 e.